The maximum Gasteiger partial charge on any atom is 0.416 e. The summed E-state index contributed by atoms with van der Waals surface area (Å²) in [6.45, 7) is 0. The predicted octanol–water partition coefficient (Wildman–Crippen LogP) is 2.52. The van der Waals surface area contributed by atoms with Crippen molar-refractivity contribution in [1.29, 1.82) is 0 Å². The molecule has 26 heavy (non-hydrogen) atoms. The van der Waals surface area contributed by atoms with E-state index in [2.05, 4.69) is 5.21 Å². The van der Waals surface area contributed by atoms with Crippen molar-refractivity contribution in [2.75, 3.05) is 0 Å². The third-order valence-corrected chi connectivity index (χ3v) is 4.30. The lowest BCUT2D eigenvalue weighted by atomic mass is 10.0. The van der Waals surface area contributed by atoms with E-state index in [4.69, 9.17) is 0 Å². The van der Waals surface area contributed by atoms with Crippen molar-refractivity contribution in [3.05, 3.63) is 75.5 Å². The molecule has 136 valence electrons. The zero-order valence-corrected chi connectivity index (χ0v) is 13.2. The molecule has 2 N–H and O–H groups in total. The number of nitrogens with zero attached hydrogens (tertiary/aromatic N) is 2. The average Bonchev–Trinajstić information content (AvgIpc) is 2.91. The summed E-state index contributed by atoms with van der Waals surface area (Å²) in [5.74, 6) is -0.468. The molecular formula is C17H13F4N3O2. The highest BCUT2D eigenvalue weighted by atomic mass is 19.4. The van der Waals surface area contributed by atoms with Crippen LogP contribution in [0.5, 0.6) is 0 Å². The fourth-order valence-corrected chi connectivity index (χ4v) is 3.07. The summed E-state index contributed by atoms with van der Waals surface area (Å²) in [7, 11) is 0. The van der Waals surface area contributed by atoms with E-state index in [1.807, 2.05) is 0 Å². The number of aryl methyl sites for hydroxylation is 1. The third-order valence-electron chi connectivity index (χ3n) is 4.30. The van der Waals surface area contributed by atoms with Gasteiger partial charge in [0.05, 0.1) is 5.56 Å². The Morgan fingerprint density at radius 2 is 1.73 bits per heavy atom. The second kappa shape index (κ2) is 6.10. The first-order chi connectivity index (χ1) is 11.9. The first-order valence-electron chi connectivity index (χ1n) is 7.57. The number of halogens is 4. The summed E-state index contributed by atoms with van der Waals surface area (Å²) in [6.07, 6.45) is -3.51. The largest absolute Gasteiger partial charge is 0.870 e. The van der Waals surface area contributed by atoms with Crippen molar-refractivity contribution in [3.8, 4) is 11.4 Å². The SMILES string of the molecule is O=c1c2[n+]([nH]n1-c1ccc(C(F)(F)F)cc1)-c1c(F)cccc1CC2.[OH-]. The summed E-state index contributed by atoms with van der Waals surface area (Å²) < 4.78 is 54.7. The molecule has 1 aliphatic rings. The highest BCUT2D eigenvalue weighted by molar-refractivity contribution is 5.38. The van der Waals surface area contributed by atoms with Crippen LogP contribution in [0.25, 0.3) is 11.4 Å². The van der Waals surface area contributed by atoms with Crippen LogP contribution in [0.15, 0.2) is 47.3 Å². The summed E-state index contributed by atoms with van der Waals surface area (Å²) in [6, 6.07) is 8.90. The quantitative estimate of drug-likeness (QED) is 0.530. The number of nitrogens with one attached hydrogen (secondary N) is 1. The molecule has 0 bridgehead atoms. The minimum atomic E-state index is -4.45. The molecule has 1 aromatic heterocycles. The molecule has 0 saturated heterocycles. The van der Waals surface area contributed by atoms with E-state index in [0.29, 0.717) is 18.5 Å². The van der Waals surface area contributed by atoms with Gasteiger partial charge in [0.1, 0.15) is 0 Å². The first kappa shape index (κ1) is 17.9. The van der Waals surface area contributed by atoms with E-state index >= 15 is 0 Å². The molecule has 4 rings (SSSR count). The summed E-state index contributed by atoms with van der Waals surface area (Å²) in [4.78, 5) is 12.6. The van der Waals surface area contributed by atoms with Crippen molar-refractivity contribution in [1.82, 2.24) is 9.90 Å². The maximum absolute atomic E-state index is 14.2. The summed E-state index contributed by atoms with van der Waals surface area (Å²) >= 11 is 0. The normalized spacial score (nSPS) is 12.9. The van der Waals surface area contributed by atoms with Gasteiger partial charge in [0.25, 0.3) is 0 Å². The standard InChI is InChI=1S/C17H11F4N3O.H2O/c18-13-3-1-2-10-4-9-14-16(25)23(22-24(14)15(10)13)12-7-5-11(6-8-12)17(19,20)21;/h1-3,5-8H,4,9H2;1H2. The predicted molar refractivity (Wildman–Crippen MR) is 82.2 cm³/mol. The van der Waals surface area contributed by atoms with Crippen LogP contribution < -0.4 is 10.2 Å². The number of alkyl halides is 3. The fraction of sp³-hybridized carbons (Fsp3) is 0.176. The van der Waals surface area contributed by atoms with Gasteiger partial charge in [-0.05, 0) is 36.8 Å². The molecule has 0 atom stereocenters. The number of benzene rings is 2. The van der Waals surface area contributed by atoms with E-state index < -0.39 is 23.1 Å². The molecule has 0 saturated carbocycles. The number of aromatic nitrogens is 3. The van der Waals surface area contributed by atoms with Crippen LogP contribution in [0.4, 0.5) is 17.6 Å². The van der Waals surface area contributed by atoms with Crippen molar-refractivity contribution >= 4 is 0 Å². The lowest BCUT2D eigenvalue weighted by molar-refractivity contribution is -0.672. The number of H-pyrrole nitrogens is 1. The maximum atomic E-state index is 14.2. The molecule has 2 aromatic carbocycles. The van der Waals surface area contributed by atoms with Gasteiger partial charge in [0, 0.05) is 12.0 Å². The number of para-hydroxylation sites is 1. The van der Waals surface area contributed by atoms with E-state index in [9.17, 15) is 22.4 Å². The molecule has 0 spiro atoms. The van der Waals surface area contributed by atoms with Crippen LogP contribution in [0.3, 0.4) is 0 Å². The molecule has 2 heterocycles. The second-order valence-corrected chi connectivity index (χ2v) is 5.81. The zero-order valence-electron chi connectivity index (χ0n) is 13.2. The summed E-state index contributed by atoms with van der Waals surface area (Å²) in [5.41, 5.74) is 0.429. The van der Waals surface area contributed by atoms with Crippen LogP contribution in [0.1, 0.15) is 16.8 Å². The van der Waals surface area contributed by atoms with Crippen molar-refractivity contribution in [2.45, 2.75) is 19.0 Å². The molecule has 0 amide bonds. The highest BCUT2D eigenvalue weighted by Gasteiger charge is 2.33. The van der Waals surface area contributed by atoms with Gasteiger partial charge < -0.3 is 5.48 Å². The average molecular weight is 367 g/mol. The van der Waals surface area contributed by atoms with Crippen molar-refractivity contribution < 1.29 is 27.7 Å². The number of rotatable bonds is 1. The first-order valence-corrected chi connectivity index (χ1v) is 7.57. The molecule has 1 aliphatic heterocycles. The molecule has 0 fully saturated rings. The van der Waals surface area contributed by atoms with Gasteiger partial charge in [-0.2, -0.15) is 13.2 Å². The molecule has 0 radical (unpaired) electrons. The Balaban J connectivity index is 0.00000196. The highest BCUT2D eigenvalue weighted by Crippen LogP contribution is 2.29. The molecule has 0 unspecified atom stereocenters. The monoisotopic (exact) mass is 367 g/mol. The zero-order chi connectivity index (χ0) is 17.8. The van der Waals surface area contributed by atoms with Crippen molar-refractivity contribution in [3.63, 3.8) is 0 Å². The van der Waals surface area contributed by atoms with E-state index in [1.54, 1.807) is 12.1 Å². The topological polar surface area (TPSA) is 71.7 Å². The smallest absolute Gasteiger partial charge is 0.416 e. The van der Waals surface area contributed by atoms with Gasteiger partial charge in [0.15, 0.2) is 17.2 Å². The second-order valence-electron chi connectivity index (χ2n) is 5.81. The minimum Gasteiger partial charge on any atom is -0.870 e. The third kappa shape index (κ3) is 2.70. The van der Waals surface area contributed by atoms with Crippen LogP contribution >= 0.6 is 0 Å². The fourth-order valence-electron chi connectivity index (χ4n) is 3.07. The van der Waals surface area contributed by atoms with Crippen LogP contribution in [0, 0.1) is 5.82 Å². The number of aromatic amines is 1. The van der Waals surface area contributed by atoms with Gasteiger partial charge in [-0.25, -0.2) is 9.18 Å². The van der Waals surface area contributed by atoms with Gasteiger partial charge >= 0.3 is 11.7 Å². The van der Waals surface area contributed by atoms with Crippen LogP contribution in [0.2, 0.25) is 0 Å². The Morgan fingerprint density at radius 3 is 2.38 bits per heavy atom. The molecule has 5 nitrogen and oxygen atoms in total. The Bertz CT molecular complexity index is 1020. The van der Waals surface area contributed by atoms with Gasteiger partial charge in [-0.3, -0.25) is 0 Å². The number of hydrogen-bond donors (Lipinski definition) is 1. The van der Waals surface area contributed by atoms with E-state index in [1.165, 1.54) is 22.9 Å². The van der Waals surface area contributed by atoms with Crippen LogP contribution in [-0.2, 0) is 19.0 Å². The Labute approximate surface area is 144 Å². The molecular weight excluding hydrogens is 354 g/mol. The molecule has 0 aliphatic carbocycles. The Morgan fingerprint density at radius 1 is 1.04 bits per heavy atom. The van der Waals surface area contributed by atoms with Gasteiger partial charge in [-0.15, -0.1) is 4.68 Å². The lowest BCUT2D eigenvalue weighted by Gasteiger charge is -2.11. The summed E-state index contributed by atoms with van der Waals surface area (Å²) in [5, 5.41) is 2.77. The van der Waals surface area contributed by atoms with Crippen LogP contribution in [-0.4, -0.2) is 15.4 Å². The van der Waals surface area contributed by atoms with Gasteiger partial charge in [-0.1, -0.05) is 22.0 Å². The molecule has 3 aromatic rings. The Kier molecular flexibility index (Phi) is 4.19. The number of fused-ring (bicyclic) bond motifs is 3. The lowest BCUT2D eigenvalue weighted by Crippen LogP contribution is -2.43. The van der Waals surface area contributed by atoms with Crippen molar-refractivity contribution in [2.24, 2.45) is 0 Å². The molecule has 9 heteroatoms. The number of hydrogen-bond acceptors (Lipinski definition) is 2. The van der Waals surface area contributed by atoms with E-state index in [-0.39, 0.29) is 16.9 Å². The van der Waals surface area contributed by atoms with E-state index in [0.717, 1.165) is 22.4 Å². The Hall–Kier alpha value is -2.94. The van der Waals surface area contributed by atoms with Gasteiger partial charge in [0.2, 0.25) is 5.69 Å². The minimum absolute atomic E-state index is 0.